The van der Waals surface area contributed by atoms with Gasteiger partial charge in [-0.15, -0.1) is 0 Å². The number of benzene rings is 3. The number of para-hydroxylation sites is 1. The van der Waals surface area contributed by atoms with Crippen LogP contribution in [0.1, 0.15) is 15.9 Å². The molecule has 0 atom stereocenters. The molecule has 0 bridgehead atoms. The van der Waals surface area contributed by atoms with E-state index in [4.69, 9.17) is 14.0 Å². The lowest BCUT2D eigenvalue weighted by Gasteiger charge is -2.14. The minimum Gasteiger partial charge on any atom is -0.496 e. The molecule has 6 heteroatoms. The number of hydrogen-bond acceptors (Lipinski definition) is 5. The van der Waals surface area contributed by atoms with Crippen LogP contribution in [0.25, 0.3) is 22.2 Å². The van der Waals surface area contributed by atoms with E-state index in [1.54, 1.807) is 19.2 Å². The maximum Gasteiger partial charge on any atom is 0.255 e. The average molecular weight is 388 g/mol. The van der Waals surface area contributed by atoms with Crippen molar-refractivity contribution in [3.8, 4) is 22.8 Å². The summed E-state index contributed by atoms with van der Waals surface area (Å²) in [5.41, 5.74) is 3.33. The number of amides is 1. The molecule has 0 aliphatic rings. The van der Waals surface area contributed by atoms with Gasteiger partial charge >= 0.3 is 0 Å². The first-order valence-corrected chi connectivity index (χ1v) is 9.14. The number of fused-ring (bicyclic) bond motifs is 1. The highest BCUT2D eigenvalue weighted by Crippen LogP contribution is 2.38. The summed E-state index contributed by atoms with van der Waals surface area (Å²) in [6.07, 6.45) is 0. The van der Waals surface area contributed by atoms with Crippen LogP contribution >= 0.6 is 0 Å². The van der Waals surface area contributed by atoms with Crippen LogP contribution in [0, 0.1) is 0 Å². The van der Waals surface area contributed by atoms with Gasteiger partial charge in [-0.3, -0.25) is 4.79 Å². The molecule has 0 saturated heterocycles. The molecule has 3 aromatic carbocycles. The van der Waals surface area contributed by atoms with E-state index in [1.807, 2.05) is 54.6 Å². The van der Waals surface area contributed by atoms with E-state index in [1.165, 1.54) is 7.11 Å². The van der Waals surface area contributed by atoms with Crippen LogP contribution in [-0.2, 0) is 6.54 Å². The van der Waals surface area contributed by atoms with Crippen molar-refractivity contribution in [1.29, 1.82) is 0 Å². The number of ether oxygens (including phenoxy) is 2. The second-order valence-corrected chi connectivity index (χ2v) is 6.45. The Morgan fingerprint density at radius 2 is 1.69 bits per heavy atom. The third kappa shape index (κ3) is 3.65. The highest BCUT2D eigenvalue weighted by Gasteiger charge is 2.21. The predicted octanol–water partition coefficient (Wildman–Crippen LogP) is 4.44. The zero-order chi connectivity index (χ0) is 20.2. The van der Waals surface area contributed by atoms with Gasteiger partial charge in [-0.1, -0.05) is 47.6 Å². The number of carbonyl (C=O) groups is 1. The molecular weight excluding hydrogens is 368 g/mol. The highest BCUT2D eigenvalue weighted by atomic mass is 16.5. The van der Waals surface area contributed by atoms with Crippen molar-refractivity contribution in [2.45, 2.75) is 6.54 Å². The van der Waals surface area contributed by atoms with Crippen molar-refractivity contribution in [2.24, 2.45) is 0 Å². The molecule has 0 radical (unpaired) electrons. The standard InChI is InChI=1S/C23H20N2O4/c1-27-20-13-21(28-2)18(23(26)24-14-15-8-4-3-5-9-15)12-17(20)22-16-10-6-7-11-19(16)29-25-22/h3-13H,14H2,1-2H3,(H,24,26). The van der Waals surface area contributed by atoms with Crippen LogP contribution in [0.2, 0.25) is 0 Å². The van der Waals surface area contributed by atoms with Crippen LogP contribution in [0.3, 0.4) is 0 Å². The minimum absolute atomic E-state index is 0.248. The minimum atomic E-state index is -0.248. The molecule has 0 saturated carbocycles. The van der Waals surface area contributed by atoms with Crippen LogP contribution < -0.4 is 14.8 Å². The second-order valence-electron chi connectivity index (χ2n) is 6.45. The normalized spacial score (nSPS) is 10.7. The molecular formula is C23H20N2O4. The summed E-state index contributed by atoms with van der Waals surface area (Å²) in [6.45, 7) is 0.414. The van der Waals surface area contributed by atoms with Crippen molar-refractivity contribution in [1.82, 2.24) is 10.5 Å². The predicted molar refractivity (Wildman–Crippen MR) is 110 cm³/mol. The lowest BCUT2D eigenvalue weighted by atomic mass is 10.0. The molecule has 1 N–H and O–H groups in total. The first-order valence-electron chi connectivity index (χ1n) is 9.14. The number of rotatable bonds is 6. The zero-order valence-corrected chi connectivity index (χ0v) is 16.1. The largest absolute Gasteiger partial charge is 0.496 e. The van der Waals surface area contributed by atoms with E-state index >= 15 is 0 Å². The van der Waals surface area contributed by atoms with Gasteiger partial charge in [-0.25, -0.2) is 0 Å². The quantitative estimate of drug-likeness (QED) is 0.529. The molecule has 0 fully saturated rings. The maximum atomic E-state index is 12.9. The molecule has 1 aromatic heterocycles. The molecule has 0 spiro atoms. The first-order chi connectivity index (χ1) is 14.2. The number of aromatic nitrogens is 1. The third-order valence-corrected chi connectivity index (χ3v) is 4.69. The van der Waals surface area contributed by atoms with E-state index in [9.17, 15) is 4.79 Å². The summed E-state index contributed by atoms with van der Waals surface area (Å²) < 4.78 is 16.4. The topological polar surface area (TPSA) is 73.6 Å². The van der Waals surface area contributed by atoms with Crippen molar-refractivity contribution in [2.75, 3.05) is 14.2 Å². The van der Waals surface area contributed by atoms with Crippen molar-refractivity contribution in [3.63, 3.8) is 0 Å². The third-order valence-electron chi connectivity index (χ3n) is 4.69. The molecule has 146 valence electrons. The lowest BCUT2D eigenvalue weighted by molar-refractivity contribution is 0.0948. The summed E-state index contributed by atoms with van der Waals surface area (Å²) >= 11 is 0. The van der Waals surface area contributed by atoms with Gasteiger partial charge in [0.25, 0.3) is 5.91 Å². The Hall–Kier alpha value is -3.80. The molecule has 0 unspecified atom stereocenters. The number of methoxy groups -OCH3 is 2. The zero-order valence-electron chi connectivity index (χ0n) is 16.1. The number of nitrogens with zero attached hydrogens (tertiary/aromatic N) is 1. The fourth-order valence-electron chi connectivity index (χ4n) is 3.21. The van der Waals surface area contributed by atoms with Crippen LogP contribution in [-0.4, -0.2) is 25.3 Å². The Bertz CT molecular complexity index is 1150. The van der Waals surface area contributed by atoms with E-state index in [0.717, 1.165) is 10.9 Å². The molecule has 0 aliphatic heterocycles. The van der Waals surface area contributed by atoms with Crippen molar-refractivity contribution < 1.29 is 18.8 Å². The van der Waals surface area contributed by atoms with Gasteiger partial charge in [0.1, 0.15) is 17.2 Å². The van der Waals surface area contributed by atoms with Crippen LogP contribution in [0.4, 0.5) is 0 Å². The van der Waals surface area contributed by atoms with E-state index in [-0.39, 0.29) is 5.91 Å². The molecule has 6 nitrogen and oxygen atoms in total. The molecule has 1 heterocycles. The molecule has 4 aromatic rings. The van der Waals surface area contributed by atoms with E-state index in [2.05, 4.69) is 10.5 Å². The second kappa shape index (κ2) is 8.06. The van der Waals surface area contributed by atoms with Crippen molar-refractivity contribution in [3.05, 3.63) is 77.9 Å². The molecule has 0 aliphatic carbocycles. The Kier molecular flexibility index (Phi) is 5.16. The van der Waals surface area contributed by atoms with E-state index in [0.29, 0.717) is 40.4 Å². The van der Waals surface area contributed by atoms with Gasteiger partial charge in [0.15, 0.2) is 5.58 Å². The molecule has 1 amide bonds. The average Bonchev–Trinajstić information content (AvgIpc) is 3.21. The monoisotopic (exact) mass is 388 g/mol. The number of nitrogens with one attached hydrogen (secondary N) is 1. The first kappa shape index (κ1) is 18.6. The SMILES string of the molecule is COc1cc(OC)c(-c2noc3ccccc23)cc1C(=O)NCc1ccccc1. The Morgan fingerprint density at radius 1 is 0.966 bits per heavy atom. The lowest BCUT2D eigenvalue weighted by Crippen LogP contribution is -2.23. The van der Waals surface area contributed by atoms with Gasteiger partial charge in [0, 0.05) is 23.6 Å². The maximum absolute atomic E-state index is 12.9. The molecule has 29 heavy (non-hydrogen) atoms. The Morgan fingerprint density at radius 3 is 2.45 bits per heavy atom. The summed E-state index contributed by atoms with van der Waals surface area (Å²) in [5.74, 6) is 0.715. The van der Waals surface area contributed by atoms with Gasteiger partial charge in [-0.05, 0) is 23.8 Å². The summed E-state index contributed by atoms with van der Waals surface area (Å²) in [6, 6.07) is 20.7. The van der Waals surface area contributed by atoms with Gasteiger partial charge in [0.05, 0.1) is 19.8 Å². The number of hydrogen-bond donors (Lipinski definition) is 1. The van der Waals surface area contributed by atoms with Gasteiger partial charge < -0.3 is 19.3 Å². The van der Waals surface area contributed by atoms with Gasteiger partial charge in [0.2, 0.25) is 0 Å². The summed E-state index contributed by atoms with van der Waals surface area (Å²) in [4.78, 5) is 12.9. The van der Waals surface area contributed by atoms with Crippen LogP contribution in [0.5, 0.6) is 11.5 Å². The number of carbonyl (C=O) groups excluding carboxylic acids is 1. The summed E-state index contributed by atoms with van der Waals surface area (Å²) in [5, 5.41) is 7.97. The fraction of sp³-hybridized carbons (Fsp3) is 0.130. The Balaban J connectivity index is 1.74. The highest BCUT2D eigenvalue weighted by molar-refractivity contribution is 6.01. The smallest absolute Gasteiger partial charge is 0.255 e. The van der Waals surface area contributed by atoms with Crippen molar-refractivity contribution >= 4 is 16.9 Å². The van der Waals surface area contributed by atoms with Crippen LogP contribution in [0.15, 0.2) is 71.3 Å². The van der Waals surface area contributed by atoms with Gasteiger partial charge in [-0.2, -0.15) is 0 Å². The summed E-state index contributed by atoms with van der Waals surface area (Å²) in [7, 11) is 3.09. The fourth-order valence-corrected chi connectivity index (χ4v) is 3.21. The van der Waals surface area contributed by atoms with E-state index < -0.39 is 0 Å². The molecule has 4 rings (SSSR count). The Labute approximate surface area is 168 Å².